The Kier molecular flexibility index (Phi) is 4.82. The van der Waals surface area contributed by atoms with Gasteiger partial charge in [0.1, 0.15) is 6.04 Å². The van der Waals surface area contributed by atoms with Crippen LogP contribution in [-0.4, -0.2) is 32.7 Å². The minimum Gasteiger partial charge on any atom is -0.464 e. The molecule has 0 spiro atoms. The average Bonchev–Trinajstić information content (AvgIpc) is 2.30. The zero-order valence-electron chi connectivity index (χ0n) is 10.9. The number of nitrogens with one attached hydrogen (secondary N) is 1. The summed E-state index contributed by atoms with van der Waals surface area (Å²) in [5.74, 6) is -0.232. The fourth-order valence-electron chi connectivity index (χ4n) is 1.43. The summed E-state index contributed by atoms with van der Waals surface area (Å²) in [6.07, 6.45) is 0. The molecule has 0 bridgehead atoms. The van der Waals surface area contributed by atoms with Crippen molar-refractivity contribution >= 4 is 17.3 Å². The fraction of sp³-hybridized carbons (Fsp3) is 0.462. The van der Waals surface area contributed by atoms with E-state index in [0.717, 1.165) is 11.4 Å². The highest BCUT2D eigenvalue weighted by atomic mass is 16.5. The van der Waals surface area contributed by atoms with Crippen molar-refractivity contribution in [3.8, 4) is 0 Å². The van der Waals surface area contributed by atoms with E-state index in [1.54, 1.807) is 13.8 Å². The van der Waals surface area contributed by atoms with Crippen LogP contribution < -0.4 is 10.2 Å². The molecular formula is C13H20N2O2. The smallest absolute Gasteiger partial charge is 0.328 e. The first-order valence-electron chi connectivity index (χ1n) is 5.75. The molecule has 94 valence electrons. The molecule has 17 heavy (non-hydrogen) atoms. The molecule has 4 nitrogen and oxygen atoms in total. The zero-order valence-corrected chi connectivity index (χ0v) is 10.9. The molecule has 0 saturated carbocycles. The second-order valence-corrected chi connectivity index (χ2v) is 4.06. The van der Waals surface area contributed by atoms with Gasteiger partial charge in [-0.05, 0) is 38.1 Å². The molecule has 0 aliphatic heterocycles. The predicted molar refractivity (Wildman–Crippen MR) is 70.5 cm³/mol. The lowest BCUT2D eigenvalue weighted by Gasteiger charge is -2.16. The maximum Gasteiger partial charge on any atom is 0.328 e. The minimum absolute atomic E-state index is 0.232. The molecule has 4 heteroatoms. The highest BCUT2D eigenvalue weighted by Gasteiger charge is 2.12. The van der Waals surface area contributed by atoms with E-state index in [1.165, 1.54) is 0 Å². The molecule has 0 amide bonds. The lowest BCUT2D eigenvalue weighted by molar-refractivity contribution is -0.143. The van der Waals surface area contributed by atoms with Gasteiger partial charge in [-0.15, -0.1) is 0 Å². The van der Waals surface area contributed by atoms with Gasteiger partial charge in [0.15, 0.2) is 0 Å². The van der Waals surface area contributed by atoms with Crippen LogP contribution >= 0.6 is 0 Å². The number of esters is 1. The van der Waals surface area contributed by atoms with Crippen LogP contribution in [0.1, 0.15) is 13.8 Å². The quantitative estimate of drug-likeness (QED) is 0.795. The normalized spacial score (nSPS) is 11.8. The van der Waals surface area contributed by atoms with Crippen molar-refractivity contribution in [2.75, 3.05) is 30.9 Å². The van der Waals surface area contributed by atoms with Crippen molar-refractivity contribution in [1.82, 2.24) is 0 Å². The first kappa shape index (κ1) is 13.4. The summed E-state index contributed by atoms with van der Waals surface area (Å²) in [7, 11) is 3.98. The van der Waals surface area contributed by atoms with Crippen LogP contribution in [-0.2, 0) is 9.53 Å². The monoisotopic (exact) mass is 236 g/mol. The lowest BCUT2D eigenvalue weighted by Crippen LogP contribution is -2.28. The Labute approximate surface area is 103 Å². The van der Waals surface area contributed by atoms with Crippen LogP contribution in [0.5, 0.6) is 0 Å². The predicted octanol–water partition coefficient (Wildman–Crippen LogP) is 2.12. The van der Waals surface area contributed by atoms with E-state index in [-0.39, 0.29) is 12.0 Å². The summed E-state index contributed by atoms with van der Waals surface area (Å²) >= 11 is 0. The van der Waals surface area contributed by atoms with Crippen molar-refractivity contribution in [3.05, 3.63) is 24.3 Å². The molecule has 1 rings (SSSR count). The van der Waals surface area contributed by atoms with Crippen LogP contribution in [0.4, 0.5) is 11.4 Å². The van der Waals surface area contributed by atoms with Gasteiger partial charge in [-0.2, -0.15) is 0 Å². The standard InChI is InChI=1S/C13H20N2O2/c1-5-17-13(16)10(2)14-11-6-8-12(9-7-11)15(3)4/h6-10,14H,5H2,1-4H3. The van der Waals surface area contributed by atoms with Gasteiger partial charge in [0.25, 0.3) is 0 Å². The number of rotatable bonds is 5. The zero-order chi connectivity index (χ0) is 12.8. The van der Waals surface area contributed by atoms with Gasteiger partial charge in [-0.3, -0.25) is 0 Å². The van der Waals surface area contributed by atoms with Gasteiger partial charge >= 0.3 is 5.97 Å². The molecule has 1 unspecified atom stereocenters. The van der Waals surface area contributed by atoms with Crippen molar-refractivity contribution in [2.24, 2.45) is 0 Å². The third-order valence-corrected chi connectivity index (χ3v) is 2.41. The van der Waals surface area contributed by atoms with Crippen molar-refractivity contribution in [2.45, 2.75) is 19.9 Å². The Hall–Kier alpha value is -1.71. The van der Waals surface area contributed by atoms with Crippen molar-refractivity contribution < 1.29 is 9.53 Å². The number of nitrogens with zero attached hydrogens (tertiary/aromatic N) is 1. The summed E-state index contributed by atoms with van der Waals surface area (Å²) in [6.45, 7) is 4.00. The number of anilines is 2. The van der Waals surface area contributed by atoms with Crippen molar-refractivity contribution in [3.63, 3.8) is 0 Å². The molecular weight excluding hydrogens is 216 g/mol. The van der Waals surface area contributed by atoms with Gasteiger partial charge in [0.05, 0.1) is 6.61 Å². The van der Waals surface area contributed by atoms with Crippen LogP contribution in [0.25, 0.3) is 0 Å². The van der Waals surface area contributed by atoms with Crippen LogP contribution in [0.2, 0.25) is 0 Å². The number of carbonyl (C=O) groups excluding carboxylic acids is 1. The Morgan fingerprint density at radius 1 is 1.35 bits per heavy atom. The first-order chi connectivity index (χ1) is 8.04. The number of benzene rings is 1. The molecule has 0 heterocycles. The largest absolute Gasteiger partial charge is 0.464 e. The van der Waals surface area contributed by atoms with Crippen molar-refractivity contribution in [1.29, 1.82) is 0 Å². The van der Waals surface area contributed by atoms with E-state index in [2.05, 4.69) is 5.32 Å². The lowest BCUT2D eigenvalue weighted by atomic mass is 10.2. The first-order valence-corrected chi connectivity index (χ1v) is 5.75. The number of carbonyl (C=O) groups is 1. The number of hydrogen-bond donors (Lipinski definition) is 1. The second-order valence-electron chi connectivity index (χ2n) is 4.06. The molecule has 0 saturated heterocycles. The van der Waals surface area contributed by atoms with E-state index >= 15 is 0 Å². The number of ether oxygens (including phenoxy) is 1. The third kappa shape index (κ3) is 3.98. The third-order valence-electron chi connectivity index (χ3n) is 2.41. The molecule has 0 aliphatic carbocycles. The second kappa shape index (κ2) is 6.13. The minimum atomic E-state index is -0.333. The molecule has 0 fully saturated rings. The Morgan fingerprint density at radius 2 is 1.94 bits per heavy atom. The van der Waals surface area contributed by atoms with E-state index in [4.69, 9.17) is 4.74 Å². The average molecular weight is 236 g/mol. The van der Waals surface area contributed by atoms with Crippen LogP contribution in [0.3, 0.4) is 0 Å². The Morgan fingerprint density at radius 3 is 2.41 bits per heavy atom. The maximum atomic E-state index is 11.4. The van der Waals surface area contributed by atoms with E-state index in [9.17, 15) is 4.79 Å². The highest BCUT2D eigenvalue weighted by molar-refractivity contribution is 5.78. The molecule has 1 N–H and O–H groups in total. The summed E-state index contributed by atoms with van der Waals surface area (Å²) in [4.78, 5) is 13.5. The number of hydrogen-bond acceptors (Lipinski definition) is 4. The van der Waals surface area contributed by atoms with Gasteiger partial charge in [-0.25, -0.2) is 4.79 Å². The fourth-order valence-corrected chi connectivity index (χ4v) is 1.43. The van der Waals surface area contributed by atoms with Gasteiger partial charge in [0, 0.05) is 25.5 Å². The van der Waals surface area contributed by atoms with E-state index in [1.807, 2.05) is 43.3 Å². The SMILES string of the molecule is CCOC(=O)C(C)Nc1ccc(N(C)C)cc1. The van der Waals surface area contributed by atoms with Crippen LogP contribution in [0.15, 0.2) is 24.3 Å². The van der Waals surface area contributed by atoms with Crippen LogP contribution in [0, 0.1) is 0 Å². The summed E-state index contributed by atoms with van der Waals surface area (Å²) in [6, 6.07) is 7.57. The summed E-state index contributed by atoms with van der Waals surface area (Å²) < 4.78 is 4.93. The molecule has 1 aromatic carbocycles. The van der Waals surface area contributed by atoms with E-state index in [0.29, 0.717) is 6.61 Å². The topological polar surface area (TPSA) is 41.6 Å². The van der Waals surface area contributed by atoms with E-state index < -0.39 is 0 Å². The summed E-state index contributed by atoms with van der Waals surface area (Å²) in [5.41, 5.74) is 2.04. The Balaban J connectivity index is 2.60. The maximum absolute atomic E-state index is 11.4. The molecule has 0 aromatic heterocycles. The Bertz CT molecular complexity index is 360. The van der Waals surface area contributed by atoms with Gasteiger partial charge in [-0.1, -0.05) is 0 Å². The molecule has 1 atom stereocenters. The highest BCUT2D eigenvalue weighted by Crippen LogP contribution is 2.16. The molecule has 1 aromatic rings. The van der Waals surface area contributed by atoms with Gasteiger partial charge in [0.2, 0.25) is 0 Å². The molecule has 0 radical (unpaired) electrons. The summed E-state index contributed by atoms with van der Waals surface area (Å²) in [5, 5.41) is 3.10. The molecule has 0 aliphatic rings. The van der Waals surface area contributed by atoms with Gasteiger partial charge < -0.3 is 15.0 Å².